The Morgan fingerprint density at radius 1 is 1.00 bits per heavy atom. The van der Waals surface area contributed by atoms with Crippen molar-refractivity contribution in [2.24, 2.45) is 5.41 Å². The van der Waals surface area contributed by atoms with Gasteiger partial charge in [0.1, 0.15) is 42.4 Å². The van der Waals surface area contributed by atoms with Crippen LogP contribution in [0.3, 0.4) is 0 Å². The standard InChI is InChI=1S/C31H54N7O18P3S/c1-4-5-6-7-8-9-10-19(39)30(44)60-14-13-33-21(40)11-12-34-28(43)25(42)31(2,3)16-53-59(50,51)56-58(48,49)52-15-20-24(55-57(45,46)47)23(41)29(54-20)38-18-37-22-26(32)35-17-36-27(22)38/h17-20,23-25,29,39,41-42H,4-16H2,1-3H3,(H,33,40)(H,34,43)(H,48,49)(H,50,51)(H2,32,35,36)(H2,45,46,47)/p-4/t19?,20-,23-,24-,25+,29-/m1/s1. The van der Waals surface area contributed by atoms with Crippen LogP contribution in [0.5, 0.6) is 0 Å². The number of ether oxygens (including phenoxy) is 1. The molecular weight excluding hydrogens is 883 g/mol. The Morgan fingerprint density at radius 3 is 2.35 bits per heavy atom. The van der Waals surface area contributed by atoms with Gasteiger partial charge in [-0.3, -0.25) is 28.1 Å². The molecule has 0 aromatic carbocycles. The smallest absolute Gasteiger partial charge is 0.274 e. The predicted octanol–water partition coefficient (Wildman–Crippen LogP) is -1.75. The highest BCUT2D eigenvalue weighted by molar-refractivity contribution is 8.13. The van der Waals surface area contributed by atoms with E-state index < -0.39 is 95.8 Å². The van der Waals surface area contributed by atoms with Crippen LogP contribution < -0.4 is 35.9 Å². The molecule has 1 aliphatic rings. The average molecular weight is 934 g/mol. The molecule has 0 radical (unpaired) electrons. The number of hydrogen-bond donors (Lipinski definition) is 6. The number of imidazole rings is 1. The maximum atomic E-state index is 12.6. The van der Waals surface area contributed by atoms with E-state index in [4.69, 9.17) is 10.5 Å². The number of rotatable bonds is 27. The molecule has 0 aliphatic carbocycles. The van der Waals surface area contributed by atoms with Gasteiger partial charge in [0, 0.05) is 30.7 Å². The second kappa shape index (κ2) is 23.3. The molecular formula is C31H50N7O18P3S-4. The van der Waals surface area contributed by atoms with Gasteiger partial charge in [0.25, 0.3) is 15.6 Å². The lowest BCUT2D eigenvalue weighted by Crippen LogP contribution is -2.46. The van der Waals surface area contributed by atoms with Crippen molar-refractivity contribution in [3.63, 3.8) is 0 Å². The number of hydrogen-bond acceptors (Lipinski definition) is 23. The number of unbranched alkanes of at least 4 members (excludes halogenated alkanes) is 5. The minimum Gasteiger partial charge on any atom is -0.790 e. The predicted molar refractivity (Wildman–Crippen MR) is 202 cm³/mol. The summed E-state index contributed by atoms with van der Waals surface area (Å²) in [7, 11) is -17.6. The van der Waals surface area contributed by atoms with E-state index in [1.807, 2.05) is 0 Å². The van der Waals surface area contributed by atoms with Gasteiger partial charge in [0.05, 0.1) is 27.4 Å². The number of aliphatic hydroxyl groups excluding tert-OH is 3. The van der Waals surface area contributed by atoms with Crippen LogP contribution in [0.2, 0.25) is 0 Å². The average Bonchev–Trinajstić information content (AvgIpc) is 3.72. The number of carbonyl (C=O) groups is 3. The van der Waals surface area contributed by atoms with E-state index in [2.05, 4.69) is 50.4 Å². The van der Waals surface area contributed by atoms with Gasteiger partial charge in [-0.1, -0.05) is 71.1 Å². The molecule has 2 aromatic heterocycles. The van der Waals surface area contributed by atoms with Gasteiger partial charge in [-0.2, -0.15) is 0 Å². The maximum Gasteiger partial charge on any atom is 0.274 e. The number of carbonyl (C=O) groups excluding carboxylic acids is 3. The van der Waals surface area contributed by atoms with Gasteiger partial charge >= 0.3 is 0 Å². The molecule has 7 N–H and O–H groups in total. The number of phosphoric acid groups is 3. The van der Waals surface area contributed by atoms with Gasteiger partial charge in [0.15, 0.2) is 17.7 Å². The van der Waals surface area contributed by atoms with Crippen molar-refractivity contribution in [3.05, 3.63) is 12.7 Å². The Labute approximate surface area is 348 Å². The number of thioether (sulfide) groups is 1. The molecule has 1 saturated heterocycles. The van der Waals surface area contributed by atoms with Gasteiger partial charge < -0.3 is 74.1 Å². The summed E-state index contributed by atoms with van der Waals surface area (Å²) in [5.41, 5.74) is 4.05. The Bertz CT molecular complexity index is 1890. The Morgan fingerprint density at radius 2 is 1.67 bits per heavy atom. The lowest BCUT2D eigenvalue weighted by Gasteiger charge is -2.36. The first kappa shape index (κ1) is 51.9. The van der Waals surface area contributed by atoms with E-state index in [0.717, 1.165) is 67.5 Å². The van der Waals surface area contributed by atoms with Crippen LogP contribution in [0.4, 0.5) is 5.82 Å². The summed E-state index contributed by atoms with van der Waals surface area (Å²) in [5, 5.41) is 35.9. The second-order valence-electron chi connectivity index (χ2n) is 14.2. The number of amides is 2. The van der Waals surface area contributed by atoms with E-state index in [-0.39, 0.29) is 42.2 Å². The number of phosphoric ester groups is 3. The van der Waals surface area contributed by atoms with Crippen molar-refractivity contribution in [1.82, 2.24) is 30.2 Å². The number of nitrogens with zero attached hydrogens (tertiary/aromatic N) is 4. The van der Waals surface area contributed by atoms with Crippen LogP contribution in [0, 0.1) is 5.41 Å². The summed E-state index contributed by atoms with van der Waals surface area (Å²) in [6, 6.07) is 0. The molecule has 3 unspecified atom stereocenters. The van der Waals surface area contributed by atoms with Gasteiger partial charge in [-0.25, -0.2) is 19.3 Å². The lowest BCUT2D eigenvalue weighted by atomic mass is 9.87. The quantitative estimate of drug-likeness (QED) is 0.0427. The van der Waals surface area contributed by atoms with Crippen molar-refractivity contribution in [2.45, 2.75) is 109 Å². The molecule has 3 heterocycles. The largest absolute Gasteiger partial charge is 0.790 e. The summed E-state index contributed by atoms with van der Waals surface area (Å²) in [5.74, 6) is -1.40. The zero-order valence-electron chi connectivity index (χ0n) is 32.9. The molecule has 0 saturated carbocycles. The Hall–Kier alpha value is -2.48. The highest BCUT2D eigenvalue weighted by atomic mass is 32.2. The highest BCUT2D eigenvalue weighted by Gasteiger charge is 2.47. The first-order valence-electron chi connectivity index (χ1n) is 18.6. The fourth-order valence-electron chi connectivity index (χ4n) is 5.59. The van der Waals surface area contributed by atoms with Crippen LogP contribution in [-0.4, -0.2) is 114 Å². The minimum absolute atomic E-state index is 0.0251. The molecule has 0 bridgehead atoms. The maximum absolute atomic E-state index is 12.6. The van der Waals surface area contributed by atoms with Gasteiger partial charge in [-0.05, 0) is 6.42 Å². The van der Waals surface area contributed by atoms with E-state index in [1.165, 1.54) is 13.8 Å². The number of aliphatic hydroxyl groups is 3. The van der Waals surface area contributed by atoms with Crippen molar-refractivity contribution in [2.75, 3.05) is 37.8 Å². The number of aromatic nitrogens is 4. The number of nitrogens with one attached hydrogen (secondary N) is 2. The Kier molecular flexibility index (Phi) is 20.1. The van der Waals surface area contributed by atoms with Crippen LogP contribution in [-0.2, 0) is 50.7 Å². The van der Waals surface area contributed by atoms with Crippen LogP contribution >= 0.6 is 35.2 Å². The third-order valence-electron chi connectivity index (χ3n) is 8.82. The van der Waals surface area contributed by atoms with E-state index in [9.17, 15) is 63.0 Å². The molecule has 2 amide bonds. The van der Waals surface area contributed by atoms with Crippen LogP contribution in [0.25, 0.3) is 11.2 Å². The third kappa shape index (κ3) is 16.7. The van der Waals surface area contributed by atoms with E-state index in [0.29, 0.717) is 6.42 Å². The Balaban J connectivity index is 1.42. The molecule has 1 aliphatic heterocycles. The number of anilines is 1. The minimum atomic E-state index is -5.93. The summed E-state index contributed by atoms with van der Waals surface area (Å²) in [6.45, 7) is 2.06. The van der Waals surface area contributed by atoms with Crippen LogP contribution in [0.1, 0.15) is 78.4 Å². The molecule has 1 fully saturated rings. The topological polar surface area (TPSA) is 395 Å². The van der Waals surface area contributed by atoms with Gasteiger partial charge in [-0.15, -0.1) is 0 Å². The molecule has 0 spiro atoms. The molecule has 29 heteroatoms. The third-order valence-corrected chi connectivity index (χ3v) is 12.8. The van der Waals surface area contributed by atoms with E-state index in [1.54, 1.807) is 0 Å². The molecule has 25 nitrogen and oxygen atoms in total. The van der Waals surface area contributed by atoms with Gasteiger partial charge in [0.2, 0.25) is 16.9 Å². The molecule has 60 heavy (non-hydrogen) atoms. The number of nitrogen functional groups attached to an aromatic ring is 1. The zero-order chi connectivity index (χ0) is 44.9. The summed E-state index contributed by atoms with van der Waals surface area (Å²) >= 11 is 0.889. The fraction of sp³-hybridized carbons (Fsp3) is 0.742. The first-order valence-corrected chi connectivity index (χ1v) is 24.0. The molecule has 342 valence electrons. The van der Waals surface area contributed by atoms with Crippen molar-refractivity contribution in [3.8, 4) is 0 Å². The van der Waals surface area contributed by atoms with Crippen molar-refractivity contribution >= 4 is 69.1 Å². The highest BCUT2D eigenvalue weighted by Crippen LogP contribution is 2.56. The molecule has 8 atom stereocenters. The summed E-state index contributed by atoms with van der Waals surface area (Å²) in [6.07, 6.45) is -2.27. The van der Waals surface area contributed by atoms with Crippen molar-refractivity contribution < 1.29 is 85.6 Å². The van der Waals surface area contributed by atoms with Crippen molar-refractivity contribution in [1.29, 1.82) is 0 Å². The van der Waals surface area contributed by atoms with E-state index >= 15 is 0 Å². The first-order chi connectivity index (χ1) is 28.0. The summed E-state index contributed by atoms with van der Waals surface area (Å²) < 4.78 is 60.6. The molecule has 3 rings (SSSR count). The monoisotopic (exact) mass is 933 g/mol. The normalized spacial score (nSPS) is 21.6. The number of fused-ring (bicyclic) bond motifs is 1. The van der Waals surface area contributed by atoms with Crippen LogP contribution in [0.15, 0.2) is 12.7 Å². The zero-order valence-corrected chi connectivity index (χ0v) is 36.4. The lowest BCUT2D eigenvalue weighted by molar-refractivity contribution is -0.347. The second-order valence-corrected chi connectivity index (χ2v) is 19.4. The fourth-order valence-corrected chi connectivity index (χ4v) is 9.04. The number of nitrogens with two attached hydrogens (primary N) is 1. The summed E-state index contributed by atoms with van der Waals surface area (Å²) in [4.78, 5) is 96.4. The SMILES string of the molecule is CCCCCCCCC(O)C(=O)SCCNC(=O)CCNC(=O)[C@H](O)C(C)(C)COP(=O)([O-])OP(=O)([O-])OC[C@H]1O[C@@H](n2cnc3c(N)ncnc32)[C@H](O)[C@@H]1OP(=O)([O-])[O-]. The molecule has 2 aromatic rings.